The first-order chi connectivity index (χ1) is 14.6. The van der Waals surface area contributed by atoms with Gasteiger partial charge in [-0.05, 0) is 68.5 Å². The lowest BCUT2D eigenvalue weighted by Gasteiger charge is -2.38. The lowest BCUT2D eigenvalue weighted by atomic mass is 9.93. The first-order valence-electron chi connectivity index (χ1n) is 10.8. The molecule has 3 aromatic rings. The van der Waals surface area contributed by atoms with E-state index in [1.807, 2.05) is 11.0 Å². The van der Waals surface area contributed by atoms with Gasteiger partial charge < -0.3 is 9.80 Å². The molecule has 1 aromatic heterocycles. The highest BCUT2D eigenvalue weighted by molar-refractivity contribution is 5.97. The molecule has 0 saturated carbocycles. The Labute approximate surface area is 176 Å². The van der Waals surface area contributed by atoms with Crippen molar-refractivity contribution in [2.24, 2.45) is 5.92 Å². The summed E-state index contributed by atoms with van der Waals surface area (Å²) >= 11 is 0. The van der Waals surface area contributed by atoms with Gasteiger partial charge >= 0.3 is 0 Å². The maximum atomic E-state index is 13.9. The molecule has 1 atom stereocenters. The summed E-state index contributed by atoms with van der Waals surface area (Å²) in [4.78, 5) is 22.1. The van der Waals surface area contributed by atoms with E-state index in [1.165, 1.54) is 17.2 Å². The van der Waals surface area contributed by atoms with E-state index in [-0.39, 0.29) is 17.6 Å². The molecule has 0 spiro atoms. The summed E-state index contributed by atoms with van der Waals surface area (Å²) in [5.74, 6) is -0.0987. The fraction of sp³-hybridized carbons (Fsp3) is 0.360. The van der Waals surface area contributed by atoms with E-state index >= 15 is 0 Å². The average Bonchev–Trinajstić information content (AvgIpc) is 2.77. The molecule has 1 fully saturated rings. The summed E-state index contributed by atoms with van der Waals surface area (Å²) in [5.41, 5.74) is 5.33. The van der Waals surface area contributed by atoms with Crippen molar-refractivity contribution in [1.29, 1.82) is 0 Å². The third kappa shape index (κ3) is 3.42. The van der Waals surface area contributed by atoms with E-state index in [1.54, 1.807) is 18.3 Å². The summed E-state index contributed by atoms with van der Waals surface area (Å²) in [5, 5.41) is 0.810. The maximum Gasteiger partial charge on any atom is 0.231 e. The van der Waals surface area contributed by atoms with Crippen LogP contribution >= 0.6 is 0 Å². The predicted octanol–water partition coefficient (Wildman–Crippen LogP) is 4.88. The molecule has 30 heavy (non-hydrogen) atoms. The van der Waals surface area contributed by atoms with Crippen LogP contribution in [0.3, 0.4) is 0 Å². The molecule has 1 unspecified atom stereocenters. The molecule has 5 rings (SSSR count). The van der Waals surface area contributed by atoms with Gasteiger partial charge in [-0.25, -0.2) is 4.39 Å². The number of benzene rings is 2. The standard InChI is InChI=1S/C25H26FN3O/c1-17-6-9-23-18(14-17)4-3-13-29(23)25(30)19-5-2-12-28(16-19)24-10-11-27-22-8-7-20(26)15-21(22)24/h6-11,14-15,19H,2-5,12-13,16H2,1H3. The Hall–Kier alpha value is -2.95. The normalized spacial score (nSPS) is 19.1. The Bertz CT molecular complexity index is 1110. The van der Waals surface area contributed by atoms with E-state index in [4.69, 9.17) is 0 Å². The Morgan fingerprint density at radius 3 is 2.87 bits per heavy atom. The van der Waals surface area contributed by atoms with Crippen molar-refractivity contribution in [3.05, 3.63) is 65.6 Å². The second kappa shape index (κ2) is 7.71. The fourth-order valence-electron chi connectivity index (χ4n) is 4.95. The molecule has 1 amide bonds. The minimum Gasteiger partial charge on any atom is -0.370 e. The van der Waals surface area contributed by atoms with Crippen LogP contribution in [0.25, 0.3) is 10.9 Å². The van der Waals surface area contributed by atoms with Crippen LogP contribution in [0.15, 0.2) is 48.7 Å². The second-order valence-electron chi connectivity index (χ2n) is 8.50. The highest BCUT2D eigenvalue weighted by atomic mass is 19.1. The molecule has 4 nitrogen and oxygen atoms in total. The van der Waals surface area contributed by atoms with Crippen LogP contribution in [0.4, 0.5) is 15.8 Å². The lowest BCUT2D eigenvalue weighted by molar-refractivity contribution is -0.122. The summed E-state index contributed by atoms with van der Waals surface area (Å²) in [7, 11) is 0. The largest absolute Gasteiger partial charge is 0.370 e. The molecule has 5 heteroatoms. The van der Waals surface area contributed by atoms with Crippen LogP contribution < -0.4 is 9.80 Å². The molecule has 2 aliphatic rings. The van der Waals surface area contributed by atoms with Crippen molar-refractivity contribution in [2.45, 2.75) is 32.6 Å². The molecule has 0 bridgehead atoms. The number of nitrogens with zero attached hydrogens (tertiary/aromatic N) is 3. The zero-order valence-corrected chi connectivity index (χ0v) is 17.3. The Morgan fingerprint density at radius 2 is 1.97 bits per heavy atom. The quantitative estimate of drug-likeness (QED) is 0.612. The van der Waals surface area contributed by atoms with Gasteiger partial charge in [-0.1, -0.05) is 17.7 Å². The van der Waals surface area contributed by atoms with Gasteiger partial charge in [0.2, 0.25) is 5.91 Å². The monoisotopic (exact) mass is 403 g/mol. The summed E-state index contributed by atoms with van der Waals surface area (Å²) in [6, 6.07) is 13.0. The van der Waals surface area contributed by atoms with Crippen molar-refractivity contribution in [2.75, 3.05) is 29.4 Å². The van der Waals surface area contributed by atoms with Gasteiger partial charge in [-0.15, -0.1) is 0 Å². The number of piperidine rings is 1. The van der Waals surface area contributed by atoms with Gasteiger partial charge in [0, 0.05) is 42.6 Å². The van der Waals surface area contributed by atoms with Crippen LogP contribution in [0, 0.1) is 18.7 Å². The third-order valence-electron chi connectivity index (χ3n) is 6.41. The molecule has 2 aliphatic heterocycles. The maximum absolute atomic E-state index is 13.9. The van der Waals surface area contributed by atoms with Crippen LogP contribution in [-0.4, -0.2) is 30.5 Å². The first kappa shape index (κ1) is 19.0. The minimum absolute atomic E-state index is 0.0530. The van der Waals surface area contributed by atoms with Crippen molar-refractivity contribution in [3.63, 3.8) is 0 Å². The number of hydrogen-bond donors (Lipinski definition) is 0. The predicted molar refractivity (Wildman–Crippen MR) is 118 cm³/mol. The van der Waals surface area contributed by atoms with Crippen LogP contribution in [-0.2, 0) is 11.2 Å². The van der Waals surface area contributed by atoms with E-state index in [0.717, 1.165) is 61.1 Å². The van der Waals surface area contributed by atoms with Crippen molar-refractivity contribution >= 4 is 28.2 Å². The number of carbonyl (C=O) groups is 1. The number of halogens is 1. The van der Waals surface area contributed by atoms with Crippen LogP contribution in [0.1, 0.15) is 30.4 Å². The van der Waals surface area contributed by atoms with Gasteiger partial charge in [0.05, 0.1) is 11.4 Å². The Kier molecular flexibility index (Phi) is 4.89. The molecule has 3 heterocycles. The SMILES string of the molecule is Cc1ccc2c(c1)CCCN2C(=O)C1CCCN(c2ccnc3ccc(F)cc23)C1. The second-order valence-corrected chi connectivity index (χ2v) is 8.50. The molecule has 1 saturated heterocycles. The van der Waals surface area contributed by atoms with Crippen LogP contribution in [0.2, 0.25) is 0 Å². The Morgan fingerprint density at radius 1 is 1.07 bits per heavy atom. The number of rotatable bonds is 2. The third-order valence-corrected chi connectivity index (χ3v) is 6.41. The van der Waals surface area contributed by atoms with Crippen molar-refractivity contribution in [1.82, 2.24) is 4.98 Å². The van der Waals surface area contributed by atoms with Crippen molar-refractivity contribution in [3.8, 4) is 0 Å². The zero-order chi connectivity index (χ0) is 20.7. The molecule has 0 N–H and O–H groups in total. The first-order valence-corrected chi connectivity index (χ1v) is 10.8. The number of amides is 1. The smallest absolute Gasteiger partial charge is 0.231 e. The van der Waals surface area contributed by atoms with Gasteiger partial charge in [0.1, 0.15) is 5.82 Å². The van der Waals surface area contributed by atoms with E-state index in [9.17, 15) is 9.18 Å². The Balaban J connectivity index is 1.42. The molecule has 2 aromatic carbocycles. The topological polar surface area (TPSA) is 36.4 Å². The number of fused-ring (bicyclic) bond motifs is 2. The number of pyridine rings is 1. The fourth-order valence-corrected chi connectivity index (χ4v) is 4.95. The summed E-state index contributed by atoms with van der Waals surface area (Å²) in [6.07, 6.45) is 5.65. The van der Waals surface area contributed by atoms with E-state index in [0.29, 0.717) is 6.54 Å². The highest BCUT2D eigenvalue weighted by Crippen LogP contribution is 2.33. The molecule has 0 radical (unpaired) electrons. The van der Waals surface area contributed by atoms with Gasteiger partial charge in [-0.2, -0.15) is 0 Å². The lowest BCUT2D eigenvalue weighted by Crippen LogP contribution is -2.46. The summed E-state index contributed by atoms with van der Waals surface area (Å²) in [6.45, 7) is 4.41. The highest BCUT2D eigenvalue weighted by Gasteiger charge is 2.32. The molecular formula is C25H26FN3O. The molecule has 0 aliphatic carbocycles. The van der Waals surface area contributed by atoms with Crippen molar-refractivity contribution < 1.29 is 9.18 Å². The van der Waals surface area contributed by atoms with Gasteiger partial charge in [-0.3, -0.25) is 9.78 Å². The molecule has 154 valence electrons. The van der Waals surface area contributed by atoms with E-state index in [2.05, 4.69) is 35.0 Å². The number of anilines is 2. The zero-order valence-electron chi connectivity index (χ0n) is 17.3. The number of hydrogen-bond acceptors (Lipinski definition) is 3. The van der Waals surface area contributed by atoms with Gasteiger partial charge in [0.25, 0.3) is 0 Å². The number of carbonyl (C=O) groups excluding carboxylic acids is 1. The van der Waals surface area contributed by atoms with Gasteiger partial charge in [0.15, 0.2) is 0 Å². The number of aryl methyl sites for hydroxylation is 2. The minimum atomic E-state index is -0.262. The van der Waals surface area contributed by atoms with E-state index < -0.39 is 0 Å². The molecular weight excluding hydrogens is 377 g/mol. The summed E-state index contributed by atoms with van der Waals surface area (Å²) < 4.78 is 13.9. The van der Waals surface area contributed by atoms with Crippen LogP contribution in [0.5, 0.6) is 0 Å². The number of aromatic nitrogens is 1. The average molecular weight is 404 g/mol.